The lowest BCUT2D eigenvalue weighted by atomic mass is 9.86. The predicted molar refractivity (Wildman–Crippen MR) is 110 cm³/mol. The van der Waals surface area contributed by atoms with E-state index in [4.69, 9.17) is 11.6 Å². The maximum absolute atomic E-state index is 14.3. The van der Waals surface area contributed by atoms with Crippen LogP contribution in [0.15, 0.2) is 22.8 Å². The van der Waals surface area contributed by atoms with Gasteiger partial charge in [-0.3, -0.25) is 4.79 Å². The highest BCUT2D eigenvalue weighted by Crippen LogP contribution is 2.30. The average Bonchev–Trinajstić information content (AvgIpc) is 2.70. The number of carbonyl (C=O) groups is 1. The summed E-state index contributed by atoms with van der Waals surface area (Å²) in [7, 11) is 0. The lowest BCUT2D eigenvalue weighted by Gasteiger charge is -2.29. The van der Waals surface area contributed by atoms with Crippen molar-refractivity contribution in [3.05, 3.63) is 56.4 Å². The monoisotopic (exact) mass is 489 g/mol. The van der Waals surface area contributed by atoms with Gasteiger partial charge in [0.1, 0.15) is 16.2 Å². The first kappa shape index (κ1) is 21.9. The number of amides is 1. The van der Waals surface area contributed by atoms with Crippen LogP contribution >= 0.6 is 27.5 Å². The van der Waals surface area contributed by atoms with E-state index in [-0.39, 0.29) is 6.04 Å². The molecule has 29 heavy (non-hydrogen) atoms. The molecule has 2 N–H and O–H groups in total. The number of pyridine rings is 1. The summed E-state index contributed by atoms with van der Waals surface area (Å²) < 4.78 is 42.4. The Balaban J connectivity index is 1.55. The Kier molecular flexibility index (Phi) is 7.05. The molecule has 0 unspecified atom stereocenters. The standard InChI is InChI=1S/C20H20BrClF3N3O/c1-10-17(23)15(16(22)19(25)18(10)24)20(29)27-12-7-5-11(6-8-12)9-26-14-4-2-3-13(21)28-14/h2-4,11-12H,5-9H2,1H3,(H,26,28)(H,27,29). The Morgan fingerprint density at radius 2 is 1.86 bits per heavy atom. The Morgan fingerprint density at radius 1 is 1.17 bits per heavy atom. The van der Waals surface area contributed by atoms with Crippen LogP contribution in [0, 0.1) is 30.3 Å². The third-order valence-electron chi connectivity index (χ3n) is 5.18. The molecule has 9 heteroatoms. The highest BCUT2D eigenvalue weighted by atomic mass is 79.9. The molecule has 0 bridgehead atoms. The van der Waals surface area contributed by atoms with Crippen LogP contribution in [-0.4, -0.2) is 23.5 Å². The SMILES string of the molecule is Cc1c(F)c(F)c(Cl)c(C(=O)NC2CCC(CNc3cccc(Br)n3)CC2)c1F. The summed E-state index contributed by atoms with van der Waals surface area (Å²) >= 11 is 9.02. The fraction of sp³-hybridized carbons (Fsp3) is 0.400. The normalized spacial score (nSPS) is 19.1. The Morgan fingerprint density at radius 3 is 2.52 bits per heavy atom. The smallest absolute Gasteiger partial charge is 0.256 e. The number of halogens is 5. The molecule has 2 aromatic rings. The van der Waals surface area contributed by atoms with Gasteiger partial charge in [-0.2, -0.15) is 0 Å². The minimum absolute atomic E-state index is 0.174. The third kappa shape index (κ3) is 5.04. The van der Waals surface area contributed by atoms with Gasteiger partial charge in [-0.05, 0) is 66.6 Å². The van der Waals surface area contributed by atoms with Crippen molar-refractivity contribution in [3.8, 4) is 0 Å². The number of carbonyl (C=O) groups excluding carboxylic acids is 1. The van der Waals surface area contributed by atoms with Crippen LogP contribution in [0.4, 0.5) is 19.0 Å². The number of hydrogen-bond acceptors (Lipinski definition) is 3. The van der Waals surface area contributed by atoms with Crippen LogP contribution in [-0.2, 0) is 0 Å². The molecule has 1 aromatic heterocycles. The predicted octanol–water partition coefficient (Wildman–Crippen LogP) is 5.62. The second-order valence-electron chi connectivity index (χ2n) is 7.17. The third-order valence-corrected chi connectivity index (χ3v) is 5.98. The van der Waals surface area contributed by atoms with Gasteiger partial charge in [0.2, 0.25) is 0 Å². The van der Waals surface area contributed by atoms with E-state index in [1.165, 1.54) is 0 Å². The van der Waals surface area contributed by atoms with E-state index >= 15 is 0 Å². The number of benzene rings is 1. The number of aromatic nitrogens is 1. The maximum atomic E-state index is 14.3. The van der Waals surface area contributed by atoms with Crippen LogP contribution in [0.3, 0.4) is 0 Å². The molecule has 1 fully saturated rings. The largest absolute Gasteiger partial charge is 0.370 e. The van der Waals surface area contributed by atoms with Crippen molar-refractivity contribution < 1.29 is 18.0 Å². The van der Waals surface area contributed by atoms with Gasteiger partial charge in [0, 0.05) is 18.2 Å². The van der Waals surface area contributed by atoms with Gasteiger partial charge in [0.05, 0.1) is 10.6 Å². The van der Waals surface area contributed by atoms with Gasteiger partial charge in [0.25, 0.3) is 5.91 Å². The van der Waals surface area contributed by atoms with Gasteiger partial charge in [-0.1, -0.05) is 17.7 Å². The van der Waals surface area contributed by atoms with Gasteiger partial charge < -0.3 is 10.6 Å². The van der Waals surface area contributed by atoms with Gasteiger partial charge in [0.15, 0.2) is 11.6 Å². The topological polar surface area (TPSA) is 54.0 Å². The zero-order valence-electron chi connectivity index (χ0n) is 15.7. The molecule has 1 amide bonds. The Labute approximate surface area is 180 Å². The fourth-order valence-electron chi connectivity index (χ4n) is 3.47. The molecule has 0 aliphatic heterocycles. The van der Waals surface area contributed by atoms with E-state index in [1.807, 2.05) is 18.2 Å². The number of hydrogen-bond donors (Lipinski definition) is 2. The maximum Gasteiger partial charge on any atom is 0.256 e. The molecular formula is C20H20BrClF3N3O. The minimum Gasteiger partial charge on any atom is -0.370 e. The lowest BCUT2D eigenvalue weighted by molar-refractivity contribution is 0.0918. The van der Waals surface area contributed by atoms with E-state index in [9.17, 15) is 18.0 Å². The molecule has 0 saturated heterocycles. The second kappa shape index (κ2) is 9.34. The van der Waals surface area contributed by atoms with E-state index in [0.29, 0.717) is 18.8 Å². The number of rotatable bonds is 5. The number of nitrogens with one attached hydrogen (secondary N) is 2. The fourth-order valence-corrected chi connectivity index (χ4v) is 4.07. The quantitative estimate of drug-likeness (QED) is 0.325. The molecule has 0 spiro atoms. The van der Waals surface area contributed by atoms with Crippen molar-refractivity contribution in [1.82, 2.24) is 10.3 Å². The van der Waals surface area contributed by atoms with E-state index in [1.54, 1.807) is 0 Å². The van der Waals surface area contributed by atoms with Crippen LogP contribution in [0.25, 0.3) is 0 Å². The highest BCUT2D eigenvalue weighted by Gasteiger charge is 2.29. The van der Waals surface area contributed by atoms with Crippen molar-refractivity contribution >= 4 is 39.3 Å². The molecule has 1 saturated carbocycles. The summed E-state index contributed by atoms with van der Waals surface area (Å²) in [4.78, 5) is 16.8. The second-order valence-corrected chi connectivity index (χ2v) is 8.36. The molecule has 1 aliphatic carbocycles. The summed E-state index contributed by atoms with van der Waals surface area (Å²) in [6.45, 7) is 1.83. The van der Waals surface area contributed by atoms with Gasteiger partial charge in [-0.15, -0.1) is 0 Å². The zero-order chi connectivity index (χ0) is 21.1. The molecule has 0 atom stereocenters. The molecule has 1 aromatic carbocycles. The van der Waals surface area contributed by atoms with Crippen LogP contribution in [0.1, 0.15) is 41.6 Å². The summed E-state index contributed by atoms with van der Waals surface area (Å²) in [5.41, 5.74) is -1.21. The molecule has 1 aliphatic rings. The van der Waals surface area contributed by atoms with E-state index in [0.717, 1.165) is 36.7 Å². The average molecular weight is 491 g/mol. The van der Waals surface area contributed by atoms with Crippen LogP contribution in [0.2, 0.25) is 5.02 Å². The molecule has 0 radical (unpaired) electrons. The van der Waals surface area contributed by atoms with Crippen molar-refractivity contribution in [2.24, 2.45) is 5.92 Å². The highest BCUT2D eigenvalue weighted by molar-refractivity contribution is 9.10. The summed E-state index contributed by atoms with van der Waals surface area (Å²) in [5.74, 6) is -3.55. The number of anilines is 1. The molecule has 4 nitrogen and oxygen atoms in total. The first-order valence-electron chi connectivity index (χ1n) is 9.27. The summed E-state index contributed by atoms with van der Waals surface area (Å²) in [5, 5.41) is 5.17. The van der Waals surface area contributed by atoms with E-state index in [2.05, 4.69) is 31.5 Å². The zero-order valence-corrected chi connectivity index (χ0v) is 18.0. The molecule has 3 rings (SSSR count). The first-order chi connectivity index (χ1) is 13.8. The number of nitrogens with zero attached hydrogens (tertiary/aromatic N) is 1. The lowest BCUT2D eigenvalue weighted by Crippen LogP contribution is -2.39. The van der Waals surface area contributed by atoms with Crippen LogP contribution < -0.4 is 10.6 Å². The summed E-state index contributed by atoms with van der Waals surface area (Å²) in [6.07, 6.45) is 3.12. The Bertz CT molecular complexity index is 891. The van der Waals surface area contributed by atoms with E-state index < -0.39 is 39.5 Å². The Hall–Kier alpha value is -1.80. The summed E-state index contributed by atoms with van der Waals surface area (Å²) in [6, 6.07) is 5.46. The molecule has 1 heterocycles. The molecular weight excluding hydrogens is 471 g/mol. The van der Waals surface area contributed by atoms with Crippen molar-refractivity contribution in [2.45, 2.75) is 38.6 Å². The first-order valence-corrected chi connectivity index (χ1v) is 10.4. The van der Waals surface area contributed by atoms with Crippen molar-refractivity contribution in [1.29, 1.82) is 0 Å². The van der Waals surface area contributed by atoms with Gasteiger partial charge in [-0.25, -0.2) is 18.2 Å². The minimum atomic E-state index is -1.41. The van der Waals surface area contributed by atoms with Crippen molar-refractivity contribution in [3.63, 3.8) is 0 Å². The van der Waals surface area contributed by atoms with Gasteiger partial charge >= 0.3 is 0 Å². The molecule has 156 valence electrons. The van der Waals surface area contributed by atoms with Crippen LogP contribution in [0.5, 0.6) is 0 Å². The van der Waals surface area contributed by atoms with Crippen molar-refractivity contribution in [2.75, 3.05) is 11.9 Å².